The average Bonchev–Trinajstić information content (AvgIpc) is 3.20. The number of para-hydroxylation sites is 1. The van der Waals surface area contributed by atoms with Crippen molar-refractivity contribution >= 4 is 62.9 Å². The molecule has 0 fully saturated rings. The minimum absolute atomic E-state index is 0.0163. The number of amides is 2. The fraction of sp³-hybridized carbons (Fsp3) is 0.465. The third kappa shape index (κ3) is 15.1. The Kier molecular flexibility index (Phi) is 22.9. The van der Waals surface area contributed by atoms with Crippen LogP contribution in [0.2, 0.25) is 0 Å². The van der Waals surface area contributed by atoms with Gasteiger partial charge in [-0.05, 0) is 92.4 Å². The maximum absolute atomic E-state index is 13.5. The van der Waals surface area contributed by atoms with Crippen molar-refractivity contribution < 1.29 is 29.4 Å². The van der Waals surface area contributed by atoms with Gasteiger partial charge in [0.2, 0.25) is 11.8 Å². The largest absolute Gasteiger partial charge is 0.508 e. The van der Waals surface area contributed by atoms with Gasteiger partial charge in [0, 0.05) is 34.8 Å². The zero-order valence-corrected chi connectivity index (χ0v) is 35.6. The number of likely N-dealkylation sites (N-methyl/N-ethyl adjacent to an activating group) is 1. The summed E-state index contributed by atoms with van der Waals surface area (Å²) < 4.78 is 0. The summed E-state index contributed by atoms with van der Waals surface area (Å²) in [5.74, 6) is -2.47. The van der Waals surface area contributed by atoms with Crippen LogP contribution in [0.5, 0.6) is 5.75 Å². The predicted molar refractivity (Wildman–Crippen MR) is 232 cm³/mol. The molecule has 0 saturated carbocycles. The lowest BCUT2D eigenvalue weighted by atomic mass is 9.86. The van der Waals surface area contributed by atoms with E-state index in [0.29, 0.717) is 12.0 Å². The molecule has 3 aromatic rings. The maximum atomic E-state index is 13.5. The van der Waals surface area contributed by atoms with Crippen LogP contribution in [0.4, 0.5) is 11.4 Å². The van der Waals surface area contributed by atoms with E-state index in [1.807, 2.05) is 19.1 Å². The Morgan fingerprint density at radius 1 is 0.927 bits per heavy atom. The number of carboxylic acid groups (broad SMARTS) is 1. The minimum atomic E-state index is -1.15. The Morgan fingerprint density at radius 3 is 2.00 bits per heavy atom. The molecule has 10 nitrogen and oxygen atoms in total. The van der Waals surface area contributed by atoms with E-state index in [0.717, 1.165) is 72.5 Å². The topological polar surface area (TPSA) is 148 Å². The molecule has 0 aliphatic carbocycles. The molecule has 0 radical (unpaired) electrons. The van der Waals surface area contributed by atoms with Gasteiger partial charge in [0.05, 0.1) is 0 Å². The molecule has 0 spiro atoms. The van der Waals surface area contributed by atoms with Gasteiger partial charge in [-0.3, -0.25) is 9.59 Å². The van der Waals surface area contributed by atoms with Crippen molar-refractivity contribution in [3.05, 3.63) is 83.4 Å². The molecule has 55 heavy (non-hydrogen) atoms. The summed E-state index contributed by atoms with van der Waals surface area (Å²) >= 11 is 1.65. The van der Waals surface area contributed by atoms with Gasteiger partial charge in [-0.15, -0.1) is 20.6 Å². The average molecular weight is 795 g/mol. The number of nitrogens with one attached hydrogen (secondary N) is 3. The lowest BCUT2D eigenvalue weighted by Gasteiger charge is -2.40. The molecule has 0 aromatic heterocycles. The first-order valence-corrected chi connectivity index (χ1v) is 20.8. The zero-order valence-electron chi connectivity index (χ0n) is 33.7. The van der Waals surface area contributed by atoms with Crippen LogP contribution in [0.15, 0.2) is 71.6 Å². The summed E-state index contributed by atoms with van der Waals surface area (Å²) in [6.45, 7) is 12.8. The van der Waals surface area contributed by atoms with Crippen LogP contribution in [0.3, 0.4) is 0 Å². The van der Waals surface area contributed by atoms with Gasteiger partial charge in [0.25, 0.3) is 0 Å². The maximum Gasteiger partial charge on any atom is 0.326 e. The highest BCUT2D eigenvalue weighted by Crippen LogP contribution is 2.37. The minimum Gasteiger partial charge on any atom is -0.508 e. The van der Waals surface area contributed by atoms with Crippen molar-refractivity contribution in [2.45, 2.75) is 109 Å². The molecule has 12 heteroatoms. The lowest BCUT2D eigenvalue weighted by Crippen LogP contribution is -2.51. The molecule has 0 aliphatic heterocycles. The Labute approximate surface area is 335 Å². The zero-order chi connectivity index (χ0) is 41.6. The van der Waals surface area contributed by atoms with Crippen molar-refractivity contribution in [3.8, 4) is 5.75 Å². The second-order valence-corrected chi connectivity index (χ2v) is 14.6. The monoisotopic (exact) mass is 794 g/mol. The molecule has 0 unspecified atom stereocenters. The van der Waals surface area contributed by atoms with Crippen LogP contribution in [-0.4, -0.2) is 72.5 Å². The number of phenolic OH excluding ortho intramolecular Hbond substituents is 1. The highest BCUT2D eigenvalue weighted by Gasteiger charge is 2.32. The fourth-order valence-corrected chi connectivity index (χ4v) is 7.13. The van der Waals surface area contributed by atoms with Gasteiger partial charge in [0.1, 0.15) is 24.6 Å². The van der Waals surface area contributed by atoms with Gasteiger partial charge in [0.15, 0.2) is 0 Å². The fourth-order valence-electron chi connectivity index (χ4n) is 6.48. The van der Waals surface area contributed by atoms with Gasteiger partial charge in [-0.2, -0.15) is 0 Å². The van der Waals surface area contributed by atoms with Crippen LogP contribution in [0.1, 0.15) is 95.4 Å². The van der Waals surface area contributed by atoms with Crippen molar-refractivity contribution in [2.24, 2.45) is 5.92 Å². The molecule has 0 saturated heterocycles. The van der Waals surface area contributed by atoms with Crippen molar-refractivity contribution in [2.75, 3.05) is 24.7 Å². The molecule has 0 bridgehead atoms. The summed E-state index contributed by atoms with van der Waals surface area (Å²) in [5, 5.41) is 28.6. The molecule has 2 amide bonds. The third-order valence-electron chi connectivity index (χ3n) is 9.61. The summed E-state index contributed by atoms with van der Waals surface area (Å²) in [4.78, 5) is 50.2. The van der Waals surface area contributed by atoms with E-state index >= 15 is 0 Å². The number of hydrogen-bond acceptors (Lipinski definition) is 8. The molecule has 0 aliphatic rings. The number of rotatable bonds is 21. The number of benzene rings is 3. The molecule has 3 rings (SSSR count). The van der Waals surface area contributed by atoms with Crippen LogP contribution in [-0.2, 0) is 25.6 Å². The van der Waals surface area contributed by atoms with Gasteiger partial charge in [-0.25, -0.2) is 4.79 Å². The first-order chi connectivity index (χ1) is 26.4. The molecule has 0 heterocycles. The van der Waals surface area contributed by atoms with E-state index in [-0.39, 0.29) is 29.5 Å². The molecular formula is C43H63N4O6PS. The van der Waals surface area contributed by atoms with E-state index in [2.05, 4.69) is 100 Å². The number of thioether (sulfide) groups is 1. The van der Waals surface area contributed by atoms with Gasteiger partial charge in [-0.1, -0.05) is 96.1 Å². The number of carboxylic acids is 1. The Morgan fingerprint density at radius 2 is 1.51 bits per heavy atom. The number of carbonyl (C=O) groups is 4. The van der Waals surface area contributed by atoms with Gasteiger partial charge < -0.3 is 35.9 Å². The number of aromatic hydroxyl groups is 1. The molecule has 5 N–H and O–H groups in total. The summed E-state index contributed by atoms with van der Waals surface area (Å²) in [5.41, 5.74) is 4.80. The first-order valence-electron chi connectivity index (χ1n) is 18.8. The molecule has 302 valence electrons. The number of anilines is 2. The second-order valence-electron chi connectivity index (χ2n) is 13.8. The normalized spacial score (nSPS) is 11.9. The second kappa shape index (κ2) is 25.8. The standard InChI is InChI=1S/C41H58N4O5S.CH2O.CH3P/c1-8-10-23-41(42-6,24-11-9-2)27-45(32-15-13-12-14-16-32)34-26-35(51-7)31(25-29(34)5)19-22-36(47)43-38(30-17-20-33(46)21-18-30)39(48)44-37(28(3)4)40(49)50;2*1-2/h12-18,20-21,25-26,28,37-38,42,46H,8-11,19,22-24,27H2,1-7H3,(H,43,47)(H,44,48)(H,49,50);1H2;2H,1H2/t37-,38+;;/m0../s1. The predicted octanol–water partition coefficient (Wildman–Crippen LogP) is 8.29. The number of phenols is 1. The van der Waals surface area contributed by atoms with E-state index in [9.17, 15) is 24.6 Å². The van der Waals surface area contributed by atoms with E-state index in [1.165, 1.54) is 12.1 Å². The van der Waals surface area contributed by atoms with E-state index in [4.69, 9.17) is 4.79 Å². The van der Waals surface area contributed by atoms with Gasteiger partial charge >= 0.3 is 5.97 Å². The molecule has 3 aromatic carbocycles. The Hall–Kier alpha value is -4.18. The number of unbranched alkanes of at least 4 members (excludes halogenated alkanes) is 2. The summed E-state index contributed by atoms with van der Waals surface area (Å²) in [6, 6.07) is 18.6. The van der Waals surface area contributed by atoms with Crippen LogP contribution in [0.25, 0.3) is 0 Å². The third-order valence-corrected chi connectivity index (χ3v) is 10.4. The van der Waals surface area contributed by atoms with Crippen molar-refractivity contribution in [1.82, 2.24) is 16.0 Å². The first kappa shape index (κ1) is 48.8. The Bertz CT molecular complexity index is 1600. The number of carbonyl (C=O) groups excluding carboxylic acids is 3. The molecule has 2 atom stereocenters. The number of aryl methyl sites for hydroxylation is 2. The van der Waals surface area contributed by atoms with Crippen LogP contribution < -0.4 is 20.9 Å². The molecular weight excluding hydrogens is 732 g/mol. The number of hydrogen-bond donors (Lipinski definition) is 5. The Balaban J connectivity index is 0.00000365. The van der Waals surface area contributed by atoms with Crippen LogP contribution >= 0.6 is 20.6 Å². The van der Waals surface area contributed by atoms with E-state index in [1.54, 1.807) is 37.7 Å². The quantitative estimate of drug-likeness (QED) is 0.0531. The smallest absolute Gasteiger partial charge is 0.326 e. The van der Waals surface area contributed by atoms with Crippen molar-refractivity contribution in [3.63, 3.8) is 0 Å². The van der Waals surface area contributed by atoms with Crippen molar-refractivity contribution in [1.29, 1.82) is 0 Å². The number of nitrogens with zero attached hydrogens (tertiary/aromatic N) is 1. The number of aliphatic carboxylic acids is 1. The lowest BCUT2D eigenvalue weighted by molar-refractivity contribution is -0.143. The SMILES string of the molecule is C=O.C=P.CCCCC(CCCC)(CN(c1ccccc1)c1cc(SC)c(CCC(=O)N[C@@H](C(=O)N[C@H](C(=O)O)C(C)C)c2ccc(O)cc2)cc1C)NC. The summed E-state index contributed by atoms with van der Waals surface area (Å²) in [7, 11) is 4.81. The van der Waals surface area contributed by atoms with E-state index < -0.39 is 24.0 Å². The van der Waals surface area contributed by atoms with Crippen LogP contribution in [0, 0.1) is 12.8 Å². The summed E-state index contributed by atoms with van der Waals surface area (Å²) in [6.07, 6.45) is 12.4. The highest BCUT2D eigenvalue weighted by atomic mass is 32.2. The highest BCUT2D eigenvalue weighted by molar-refractivity contribution is 7.98.